The molecule has 0 bridgehead atoms. The van der Waals surface area contributed by atoms with Crippen LogP contribution in [-0.2, 0) is 17.8 Å². The number of amides is 1. The van der Waals surface area contributed by atoms with Gasteiger partial charge in [0.15, 0.2) is 11.5 Å². The van der Waals surface area contributed by atoms with E-state index in [9.17, 15) is 4.79 Å². The van der Waals surface area contributed by atoms with Crippen LogP contribution in [0.5, 0.6) is 17.2 Å². The van der Waals surface area contributed by atoms with Gasteiger partial charge in [0.1, 0.15) is 30.6 Å². The summed E-state index contributed by atoms with van der Waals surface area (Å²) in [6.45, 7) is 7.70. The van der Waals surface area contributed by atoms with Gasteiger partial charge in [-0.15, -0.1) is 11.3 Å². The van der Waals surface area contributed by atoms with E-state index >= 15 is 0 Å². The summed E-state index contributed by atoms with van der Waals surface area (Å²) >= 11 is 1.50. The Morgan fingerprint density at radius 3 is 2.62 bits per heavy atom. The van der Waals surface area contributed by atoms with Crippen molar-refractivity contribution >= 4 is 17.2 Å². The Bertz CT molecular complexity index is 1060. The van der Waals surface area contributed by atoms with E-state index in [1.54, 1.807) is 0 Å². The van der Waals surface area contributed by atoms with Gasteiger partial charge in [0.05, 0.1) is 18.2 Å². The lowest BCUT2D eigenvalue weighted by atomic mass is 9.95. The SMILES string of the molecule is Cc1ccc(OCc2nc(CC(=O)NC(c3ccc4c(c3)OCCO4)C(C)C)cs2)cc1. The van der Waals surface area contributed by atoms with Crippen LogP contribution in [0.3, 0.4) is 0 Å². The van der Waals surface area contributed by atoms with Crippen molar-refractivity contribution in [1.29, 1.82) is 0 Å². The highest BCUT2D eigenvalue weighted by Crippen LogP contribution is 2.34. The molecule has 0 aliphatic carbocycles. The van der Waals surface area contributed by atoms with E-state index in [0.717, 1.165) is 33.5 Å². The molecule has 1 N–H and O–H groups in total. The van der Waals surface area contributed by atoms with Crippen LogP contribution in [0.2, 0.25) is 0 Å². The second-order valence-electron chi connectivity index (χ2n) is 8.20. The van der Waals surface area contributed by atoms with Crippen molar-refractivity contribution in [3.63, 3.8) is 0 Å². The molecule has 0 saturated heterocycles. The lowest BCUT2D eigenvalue weighted by molar-refractivity contribution is -0.121. The summed E-state index contributed by atoms with van der Waals surface area (Å²) in [4.78, 5) is 17.3. The summed E-state index contributed by atoms with van der Waals surface area (Å²) in [6, 6.07) is 13.7. The number of fused-ring (bicyclic) bond motifs is 1. The third kappa shape index (κ3) is 5.59. The predicted octanol–water partition coefficient (Wildman–Crippen LogP) is 4.86. The van der Waals surface area contributed by atoms with Gasteiger partial charge in [-0.25, -0.2) is 4.98 Å². The normalized spacial score (nSPS) is 13.6. The summed E-state index contributed by atoms with van der Waals surface area (Å²) in [6.07, 6.45) is 0.231. The average molecular weight is 453 g/mol. The van der Waals surface area contributed by atoms with Crippen molar-refractivity contribution in [3.8, 4) is 17.2 Å². The Morgan fingerprint density at radius 1 is 1.12 bits per heavy atom. The molecular formula is C25H28N2O4S. The number of ether oxygens (including phenoxy) is 3. The van der Waals surface area contributed by atoms with Gasteiger partial charge in [-0.05, 0) is 42.7 Å². The highest BCUT2D eigenvalue weighted by molar-refractivity contribution is 7.09. The number of carbonyl (C=O) groups excluding carboxylic acids is 1. The zero-order valence-electron chi connectivity index (χ0n) is 18.6. The number of nitrogens with zero attached hydrogens (tertiary/aromatic N) is 1. The molecule has 1 aliphatic heterocycles. The summed E-state index contributed by atoms with van der Waals surface area (Å²) in [7, 11) is 0. The number of carbonyl (C=O) groups is 1. The van der Waals surface area contributed by atoms with Gasteiger partial charge in [-0.1, -0.05) is 37.6 Å². The molecule has 1 atom stereocenters. The molecule has 7 heteroatoms. The number of benzene rings is 2. The highest BCUT2D eigenvalue weighted by Gasteiger charge is 2.22. The topological polar surface area (TPSA) is 69.7 Å². The van der Waals surface area contributed by atoms with Crippen LogP contribution in [0.15, 0.2) is 47.8 Å². The van der Waals surface area contributed by atoms with Crippen molar-refractivity contribution in [1.82, 2.24) is 10.3 Å². The fourth-order valence-electron chi connectivity index (χ4n) is 3.55. The third-order valence-corrected chi connectivity index (χ3v) is 6.10. The van der Waals surface area contributed by atoms with E-state index in [-0.39, 0.29) is 24.3 Å². The van der Waals surface area contributed by atoms with Gasteiger partial charge in [0.2, 0.25) is 5.91 Å². The molecule has 4 rings (SSSR count). The minimum absolute atomic E-state index is 0.0603. The molecule has 6 nitrogen and oxygen atoms in total. The van der Waals surface area contributed by atoms with Crippen LogP contribution in [0.1, 0.15) is 41.7 Å². The molecule has 3 aromatic rings. The Morgan fingerprint density at radius 2 is 1.88 bits per heavy atom. The summed E-state index contributed by atoms with van der Waals surface area (Å²) < 4.78 is 17.1. The molecule has 0 fully saturated rings. The van der Waals surface area contributed by atoms with Crippen molar-refractivity contribution in [2.24, 2.45) is 5.92 Å². The summed E-state index contributed by atoms with van der Waals surface area (Å²) in [5.74, 6) is 2.44. The van der Waals surface area contributed by atoms with Crippen molar-refractivity contribution in [3.05, 3.63) is 69.7 Å². The number of hydrogen-bond acceptors (Lipinski definition) is 6. The first kappa shape index (κ1) is 22.1. The molecule has 2 heterocycles. The molecule has 2 aromatic carbocycles. The molecule has 1 amide bonds. The molecule has 0 radical (unpaired) electrons. The van der Waals surface area contributed by atoms with Crippen molar-refractivity contribution < 1.29 is 19.0 Å². The van der Waals surface area contributed by atoms with Gasteiger partial charge in [0.25, 0.3) is 0 Å². The van der Waals surface area contributed by atoms with Crippen LogP contribution >= 0.6 is 11.3 Å². The Kier molecular flexibility index (Phi) is 6.95. The quantitative estimate of drug-likeness (QED) is 0.529. The first-order chi connectivity index (χ1) is 15.5. The maximum Gasteiger partial charge on any atom is 0.226 e. The number of hydrogen-bond donors (Lipinski definition) is 1. The minimum Gasteiger partial charge on any atom is -0.486 e. The molecular weight excluding hydrogens is 424 g/mol. The standard InChI is InChI=1S/C25H28N2O4S/c1-16(2)25(18-6-9-21-22(12-18)30-11-10-29-21)27-23(28)13-19-15-32-24(26-19)14-31-20-7-4-17(3)5-8-20/h4-9,12,15-16,25H,10-11,13-14H2,1-3H3,(H,27,28). The first-order valence-corrected chi connectivity index (χ1v) is 11.7. The van der Waals surface area contributed by atoms with Crippen LogP contribution in [0, 0.1) is 12.8 Å². The van der Waals surface area contributed by atoms with Crippen LogP contribution in [-0.4, -0.2) is 24.1 Å². The molecule has 1 aliphatic rings. The Balaban J connectivity index is 1.35. The fraction of sp³-hybridized carbons (Fsp3) is 0.360. The zero-order chi connectivity index (χ0) is 22.5. The van der Waals surface area contributed by atoms with Crippen molar-refractivity contribution in [2.75, 3.05) is 13.2 Å². The number of rotatable bonds is 8. The minimum atomic E-state index is -0.124. The third-order valence-electron chi connectivity index (χ3n) is 5.23. The van der Waals surface area contributed by atoms with Gasteiger partial charge in [0, 0.05) is 5.38 Å². The Hall–Kier alpha value is -3.06. The fourth-order valence-corrected chi connectivity index (χ4v) is 4.26. The van der Waals surface area contributed by atoms with E-state index < -0.39 is 0 Å². The monoisotopic (exact) mass is 452 g/mol. The van der Waals surface area contributed by atoms with Crippen LogP contribution < -0.4 is 19.5 Å². The van der Waals surface area contributed by atoms with Crippen LogP contribution in [0.25, 0.3) is 0 Å². The molecule has 168 valence electrons. The zero-order valence-corrected chi connectivity index (χ0v) is 19.4. The van der Waals surface area contributed by atoms with Crippen LogP contribution in [0.4, 0.5) is 0 Å². The molecule has 1 unspecified atom stereocenters. The lowest BCUT2D eigenvalue weighted by Gasteiger charge is -2.25. The molecule has 1 aromatic heterocycles. The predicted molar refractivity (Wildman–Crippen MR) is 124 cm³/mol. The maximum atomic E-state index is 12.8. The largest absolute Gasteiger partial charge is 0.486 e. The Labute approximate surface area is 192 Å². The summed E-state index contributed by atoms with van der Waals surface area (Å²) in [5, 5.41) is 5.92. The first-order valence-electron chi connectivity index (χ1n) is 10.8. The number of aryl methyl sites for hydroxylation is 1. The second kappa shape index (κ2) is 10.0. The van der Waals surface area contributed by atoms with Gasteiger partial charge in [-0.3, -0.25) is 4.79 Å². The van der Waals surface area contributed by atoms with Gasteiger partial charge < -0.3 is 19.5 Å². The second-order valence-corrected chi connectivity index (χ2v) is 9.15. The van der Waals surface area contributed by atoms with E-state index in [4.69, 9.17) is 14.2 Å². The smallest absolute Gasteiger partial charge is 0.226 e. The van der Waals surface area contributed by atoms with Crippen molar-refractivity contribution in [2.45, 2.75) is 39.8 Å². The molecule has 0 saturated carbocycles. The van der Waals surface area contributed by atoms with E-state index in [2.05, 4.69) is 24.1 Å². The average Bonchev–Trinajstić information content (AvgIpc) is 3.23. The van der Waals surface area contributed by atoms with E-state index in [0.29, 0.717) is 19.8 Å². The summed E-state index contributed by atoms with van der Waals surface area (Å²) in [5.41, 5.74) is 2.94. The van der Waals surface area contributed by atoms with Gasteiger partial charge in [-0.2, -0.15) is 0 Å². The van der Waals surface area contributed by atoms with E-state index in [1.165, 1.54) is 16.9 Å². The van der Waals surface area contributed by atoms with E-state index in [1.807, 2.05) is 54.8 Å². The maximum absolute atomic E-state index is 12.8. The molecule has 32 heavy (non-hydrogen) atoms. The van der Waals surface area contributed by atoms with Gasteiger partial charge >= 0.3 is 0 Å². The number of thiazole rings is 1. The number of aromatic nitrogens is 1. The highest BCUT2D eigenvalue weighted by atomic mass is 32.1. The number of nitrogens with one attached hydrogen (secondary N) is 1. The molecule has 0 spiro atoms. The lowest BCUT2D eigenvalue weighted by Crippen LogP contribution is -2.33.